The summed E-state index contributed by atoms with van der Waals surface area (Å²) in [5.74, 6) is 0.479. The summed E-state index contributed by atoms with van der Waals surface area (Å²) in [4.78, 5) is 16.3. The van der Waals surface area contributed by atoms with Gasteiger partial charge >= 0.3 is 0 Å². The third kappa shape index (κ3) is 2.32. The topological polar surface area (TPSA) is 98.7 Å². The van der Waals surface area contributed by atoms with Crippen LogP contribution in [0.25, 0.3) is 5.82 Å². The van der Waals surface area contributed by atoms with E-state index >= 15 is 0 Å². The number of amides is 1. The summed E-state index contributed by atoms with van der Waals surface area (Å²) in [7, 11) is 0. The summed E-state index contributed by atoms with van der Waals surface area (Å²) in [6.45, 7) is 0. The first kappa shape index (κ1) is 11.8. The van der Waals surface area contributed by atoms with Gasteiger partial charge in [-0.1, -0.05) is 0 Å². The van der Waals surface area contributed by atoms with Crippen LogP contribution >= 0.6 is 0 Å². The van der Waals surface area contributed by atoms with E-state index in [0.29, 0.717) is 11.4 Å². The van der Waals surface area contributed by atoms with Gasteiger partial charge in [0.25, 0.3) is 5.91 Å². The molecule has 0 aromatic carbocycles. The molecular weight excluding hydrogens is 244 g/mol. The number of nitrogens with one attached hydrogen (secondary N) is 1. The Labute approximate surface area is 109 Å². The molecule has 0 aliphatic heterocycles. The molecule has 3 rings (SSSR count). The fourth-order valence-corrected chi connectivity index (χ4v) is 1.98. The highest BCUT2D eigenvalue weighted by atomic mass is 16.1. The number of nitrogens with two attached hydrogens (primary N) is 1. The molecule has 0 saturated heterocycles. The summed E-state index contributed by atoms with van der Waals surface area (Å²) in [6.07, 6.45) is 6.56. The molecule has 0 radical (unpaired) electrons. The van der Waals surface area contributed by atoms with Gasteiger partial charge in [0.2, 0.25) is 0 Å². The van der Waals surface area contributed by atoms with E-state index in [1.54, 1.807) is 22.9 Å². The second-order valence-corrected chi connectivity index (χ2v) is 4.59. The molecule has 98 valence electrons. The average molecular weight is 258 g/mol. The minimum absolute atomic E-state index is 0.0723. The fraction of sp³-hybridized carbons (Fsp3) is 0.333. The summed E-state index contributed by atoms with van der Waals surface area (Å²) >= 11 is 0. The molecule has 2 aromatic heterocycles. The lowest BCUT2D eigenvalue weighted by Crippen LogP contribution is -2.54. The molecule has 0 spiro atoms. The predicted molar refractivity (Wildman–Crippen MR) is 67.6 cm³/mol. The summed E-state index contributed by atoms with van der Waals surface area (Å²) in [5.41, 5.74) is 6.36. The van der Waals surface area contributed by atoms with Gasteiger partial charge in [0.1, 0.15) is 18.5 Å². The van der Waals surface area contributed by atoms with Crippen LogP contribution in [0.1, 0.15) is 23.2 Å². The molecule has 2 atom stereocenters. The van der Waals surface area contributed by atoms with Gasteiger partial charge < -0.3 is 11.1 Å². The van der Waals surface area contributed by atoms with Crippen LogP contribution in [0.3, 0.4) is 0 Å². The second-order valence-electron chi connectivity index (χ2n) is 4.59. The molecule has 7 nitrogen and oxygen atoms in total. The average Bonchev–Trinajstić information content (AvgIpc) is 2.97. The summed E-state index contributed by atoms with van der Waals surface area (Å²) < 4.78 is 1.64. The number of pyridine rings is 1. The van der Waals surface area contributed by atoms with E-state index in [-0.39, 0.29) is 18.0 Å². The quantitative estimate of drug-likeness (QED) is 0.799. The van der Waals surface area contributed by atoms with E-state index in [2.05, 4.69) is 20.5 Å². The normalized spacial score (nSPS) is 21.7. The summed E-state index contributed by atoms with van der Waals surface area (Å²) in [5, 5.41) is 10.3. The van der Waals surface area contributed by atoms with Crippen LogP contribution in [0.2, 0.25) is 0 Å². The van der Waals surface area contributed by atoms with E-state index in [0.717, 1.165) is 12.8 Å². The lowest BCUT2D eigenvalue weighted by Gasteiger charge is -2.34. The number of nitrogens with zero attached hydrogens (tertiary/aromatic N) is 4. The fourth-order valence-electron chi connectivity index (χ4n) is 1.98. The maximum absolute atomic E-state index is 12.1. The molecule has 0 bridgehead atoms. The highest BCUT2D eigenvalue weighted by Gasteiger charge is 2.28. The molecule has 1 amide bonds. The third-order valence-electron chi connectivity index (χ3n) is 3.34. The van der Waals surface area contributed by atoms with Gasteiger partial charge in [-0.15, -0.1) is 10.2 Å². The van der Waals surface area contributed by atoms with Crippen molar-refractivity contribution in [2.45, 2.75) is 24.9 Å². The van der Waals surface area contributed by atoms with Gasteiger partial charge in [-0.2, -0.15) is 0 Å². The van der Waals surface area contributed by atoms with Gasteiger partial charge in [0.05, 0.1) is 0 Å². The number of aromatic nitrogens is 4. The first-order valence-corrected chi connectivity index (χ1v) is 6.11. The van der Waals surface area contributed by atoms with Crippen molar-refractivity contribution in [3.05, 3.63) is 36.5 Å². The first-order valence-electron chi connectivity index (χ1n) is 6.11. The number of rotatable bonds is 3. The third-order valence-corrected chi connectivity index (χ3v) is 3.34. The van der Waals surface area contributed by atoms with Crippen molar-refractivity contribution in [1.82, 2.24) is 25.1 Å². The van der Waals surface area contributed by atoms with Crippen molar-refractivity contribution in [1.29, 1.82) is 0 Å². The van der Waals surface area contributed by atoms with E-state index in [4.69, 9.17) is 5.73 Å². The van der Waals surface area contributed by atoms with Gasteiger partial charge in [0, 0.05) is 23.8 Å². The van der Waals surface area contributed by atoms with E-state index in [9.17, 15) is 4.79 Å². The van der Waals surface area contributed by atoms with E-state index < -0.39 is 0 Å². The molecule has 2 heterocycles. The second kappa shape index (κ2) is 4.77. The molecule has 19 heavy (non-hydrogen) atoms. The van der Waals surface area contributed by atoms with Gasteiger partial charge in [0.15, 0.2) is 0 Å². The highest BCUT2D eigenvalue weighted by Crippen LogP contribution is 2.18. The smallest absolute Gasteiger partial charge is 0.251 e. The molecule has 0 unspecified atom stereocenters. The number of hydrogen-bond acceptors (Lipinski definition) is 5. The van der Waals surface area contributed by atoms with E-state index in [1.165, 1.54) is 12.7 Å². The SMILES string of the molecule is N[C@@H]1CC[C@@H]1NC(=O)c1ccnc(-n2cnnc2)c1. The molecule has 1 saturated carbocycles. The Morgan fingerprint density at radius 1 is 1.37 bits per heavy atom. The van der Waals surface area contributed by atoms with Crippen LogP contribution in [0.5, 0.6) is 0 Å². The Bertz CT molecular complexity index is 582. The lowest BCUT2D eigenvalue weighted by atomic mass is 9.87. The molecular formula is C12H14N6O. The van der Waals surface area contributed by atoms with Crippen LogP contribution in [0.4, 0.5) is 0 Å². The minimum Gasteiger partial charge on any atom is -0.348 e. The van der Waals surface area contributed by atoms with Gasteiger partial charge in [-0.3, -0.25) is 9.36 Å². The van der Waals surface area contributed by atoms with Crippen molar-refractivity contribution in [2.75, 3.05) is 0 Å². The monoisotopic (exact) mass is 258 g/mol. The molecule has 7 heteroatoms. The van der Waals surface area contributed by atoms with Gasteiger partial charge in [-0.05, 0) is 25.0 Å². The van der Waals surface area contributed by atoms with Crippen molar-refractivity contribution in [3.63, 3.8) is 0 Å². The van der Waals surface area contributed by atoms with Crippen molar-refractivity contribution in [2.24, 2.45) is 5.73 Å². The summed E-state index contributed by atoms with van der Waals surface area (Å²) in [6, 6.07) is 3.53. The number of hydrogen-bond donors (Lipinski definition) is 2. The van der Waals surface area contributed by atoms with Crippen molar-refractivity contribution in [3.8, 4) is 5.82 Å². The number of carbonyl (C=O) groups excluding carboxylic acids is 1. The zero-order chi connectivity index (χ0) is 13.2. The maximum atomic E-state index is 12.1. The van der Waals surface area contributed by atoms with Crippen LogP contribution in [-0.2, 0) is 0 Å². The lowest BCUT2D eigenvalue weighted by molar-refractivity contribution is 0.0905. The zero-order valence-corrected chi connectivity index (χ0v) is 10.2. The first-order chi connectivity index (χ1) is 9.24. The van der Waals surface area contributed by atoms with Crippen LogP contribution in [-0.4, -0.2) is 37.7 Å². The Balaban J connectivity index is 1.77. The molecule has 3 N–H and O–H groups in total. The van der Waals surface area contributed by atoms with E-state index in [1.807, 2.05) is 0 Å². The maximum Gasteiger partial charge on any atom is 0.251 e. The zero-order valence-electron chi connectivity index (χ0n) is 10.2. The molecule has 1 fully saturated rings. The number of carbonyl (C=O) groups is 1. The standard InChI is InChI=1S/C12H14N6O/c13-9-1-2-10(9)17-12(19)8-3-4-14-11(5-8)18-6-15-16-7-18/h3-7,9-10H,1-2,13H2,(H,17,19)/t9-,10+/m1/s1. The van der Waals surface area contributed by atoms with Crippen LogP contribution in [0, 0.1) is 0 Å². The Kier molecular flexibility index (Phi) is 2.96. The highest BCUT2D eigenvalue weighted by molar-refractivity contribution is 5.94. The largest absolute Gasteiger partial charge is 0.348 e. The Hall–Kier alpha value is -2.28. The Morgan fingerprint density at radius 3 is 2.79 bits per heavy atom. The van der Waals surface area contributed by atoms with Crippen LogP contribution in [0.15, 0.2) is 31.0 Å². The predicted octanol–water partition coefficient (Wildman–Crippen LogP) is -0.118. The van der Waals surface area contributed by atoms with Gasteiger partial charge in [-0.25, -0.2) is 4.98 Å². The Morgan fingerprint density at radius 2 is 2.16 bits per heavy atom. The molecule has 2 aromatic rings. The molecule has 1 aliphatic carbocycles. The van der Waals surface area contributed by atoms with Crippen molar-refractivity contribution >= 4 is 5.91 Å². The van der Waals surface area contributed by atoms with Crippen molar-refractivity contribution < 1.29 is 4.79 Å². The minimum atomic E-state index is -0.128. The molecule has 1 aliphatic rings. The van der Waals surface area contributed by atoms with Crippen LogP contribution < -0.4 is 11.1 Å².